The van der Waals surface area contributed by atoms with Crippen molar-refractivity contribution >= 4 is 65.9 Å². The molecule has 2 aromatic heterocycles. The van der Waals surface area contributed by atoms with Gasteiger partial charge in [-0.05, 0) is 87.1 Å². The smallest absolute Gasteiger partial charge is 0.0620 e. The normalized spacial score (nSPS) is 11.7. The maximum Gasteiger partial charge on any atom is 0.0620 e. The van der Waals surface area contributed by atoms with Crippen molar-refractivity contribution in [3.8, 4) is 33.4 Å². The van der Waals surface area contributed by atoms with E-state index in [-0.39, 0.29) is 0 Å². The number of hydrogen-bond donors (Lipinski definition) is 0. The third kappa shape index (κ3) is 4.81. The molecule has 0 aliphatic heterocycles. The Morgan fingerprint density at radius 2 is 0.815 bits per heavy atom. The molecule has 0 atom stereocenters. The molecule has 11 rings (SSSR count). The molecule has 2 nitrogen and oxygen atoms in total. The van der Waals surface area contributed by atoms with Gasteiger partial charge in [0.1, 0.15) is 0 Å². The third-order valence-electron chi connectivity index (χ3n) is 11.1. The van der Waals surface area contributed by atoms with Crippen LogP contribution >= 0.6 is 0 Å². The molecular weight excluding hydrogens is 653 g/mol. The molecule has 9 aromatic carbocycles. The van der Waals surface area contributed by atoms with Gasteiger partial charge in [-0.3, -0.25) is 0 Å². The van der Waals surface area contributed by atoms with E-state index in [0.29, 0.717) is 0 Å². The number of hydrogen-bond acceptors (Lipinski definition) is 1. The van der Waals surface area contributed by atoms with Crippen molar-refractivity contribution in [2.75, 3.05) is 4.90 Å². The van der Waals surface area contributed by atoms with Crippen LogP contribution in [0.4, 0.5) is 17.1 Å². The molecule has 0 unspecified atom stereocenters. The predicted molar refractivity (Wildman–Crippen MR) is 230 cm³/mol. The number of anilines is 3. The van der Waals surface area contributed by atoms with E-state index >= 15 is 0 Å². The Labute approximate surface area is 313 Å². The molecule has 0 fully saturated rings. The summed E-state index contributed by atoms with van der Waals surface area (Å²) in [5.74, 6) is 0. The van der Waals surface area contributed by atoms with Crippen LogP contribution in [-0.4, -0.2) is 4.40 Å². The zero-order valence-electron chi connectivity index (χ0n) is 29.5. The van der Waals surface area contributed by atoms with Gasteiger partial charge >= 0.3 is 0 Å². The van der Waals surface area contributed by atoms with E-state index in [9.17, 15) is 0 Å². The summed E-state index contributed by atoms with van der Waals surface area (Å²) in [5.41, 5.74) is 14.3. The number of fused-ring (bicyclic) bond motifs is 7. The van der Waals surface area contributed by atoms with Crippen molar-refractivity contribution in [1.29, 1.82) is 0 Å². The Morgan fingerprint density at radius 1 is 0.315 bits per heavy atom. The molecule has 0 saturated heterocycles. The quantitative estimate of drug-likeness (QED) is 0.169. The Kier molecular flexibility index (Phi) is 6.90. The lowest BCUT2D eigenvalue weighted by Gasteiger charge is -2.28. The van der Waals surface area contributed by atoms with Gasteiger partial charge in [-0.1, -0.05) is 158 Å². The van der Waals surface area contributed by atoms with Crippen LogP contribution < -0.4 is 4.90 Å². The predicted octanol–water partition coefficient (Wildman–Crippen LogP) is 14.5. The summed E-state index contributed by atoms with van der Waals surface area (Å²) >= 11 is 0. The van der Waals surface area contributed by atoms with Crippen molar-refractivity contribution in [3.05, 3.63) is 206 Å². The SMILES string of the molecule is c1ccc(-c2ccc(N(c3ccc(-c4ccccc4)cc3)c3ccccc3-c3ccc4c5cccc6c7cc8ccccc8cc7n(c4c3)c56)cc2)cc1. The molecule has 54 heavy (non-hydrogen) atoms. The second kappa shape index (κ2) is 12.2. The zero-order chi connectivity index (χ0) is 35.6. The molecule has 0 amide bonds. The van der Waals surface area contributed by atoms with E-state index in [1.54, 1.807) is 0 Å². The minimum atomic E-state index is 1.10. The van der Waals surface area contributed by atoms with Crippen LogP contribution in [0, 0.1) is 0 Å². The van der Waals surface area contributed by atoms with Gasteiger partial charge in [-0.25, -0.2) is 0 Å². The minimum Gasteiger partial charge on any atom is -0.310 e. The highest BCUT2D eigenvalue weighted by Crippen LogP contribution is 2.45. The molecule has 0 radical (unpaired) electrons. The summed E-state index contributed by atoms with van der Waals surface area (Å²) in [5, 5.41) is 7.69. The monoisotopic (exact) mass is 686 g/mol. The van der Waals surface area contributed by atoms with Crippen molar-refractivity contribution in [1.82, 2.24) is 4.40 Å². The maximum absolute atomic E-state index is 2.50. The molecule has 11 aromatic rings. The number of nitrogens with zero attached hydrogens (tertiary/aromatic N) is 2. The van der Waals surface area contributed by atoms with Gasteiger partial charge in [0.05, 0.1) is 22.2 Å². The maximum atomic E-state index is 2.50. The topological polar surface area (TPSA) is 7.65 Å². The lowest BCUT2D eigenvalue weighted by atomic mass is 9.99. The fraction of sp³-hybridized carbons (Fsp3) is 0. The average Bonchev–Trinajstić information content (AvgIpc) is 3.76. The second-order valence-electron chi connectivity index (χ2n) is 14.2. The first-order valence-electron chi connectivity index (χ1n) is 18.6. The molecule has 0 N–H and O–H groups in total. The van der Waals surface area contributed by atoms with Crippen LogP contribution in [0.3, 0.4) is 0 Å². The Hall–Kier alpha value is -7.16. The van der Waals surface area contributed by atoms with Crippen molar-refractivity contribution in [2.24, 2.45) is 0 Å². The highest BCUT2D eigenvalue weighted by Gasteiger charge is 2.21. The highest BCUT2D eigenvalue weighted by atomic mass is 15.1. The number of para-hydroxylation sites is 2. The van der Waals surface area contributed by atoms with E-state index in [1.165, 1.54) is 82.2 Å². The average molecular weight is 687 g/mol. The van der Waals surface area contributed by atoms with Crippen LogP contribution in [-0.2, 0) is 0 Å². The first-order chi connectivity index (χ1) is 26.8. The zero-order valence-corrected chi connectivity index (χ0v) is 29.5. The first-order valence-corrected chi connectivity index (χ1v) is 18.6. The largest absolute Gasteiger partial charge is 0.310 e. The Morgan fingerprint density at radius 3 is 1.46 bits per heavy atom. The van der Waals surface area contributed by atoms with Crippen LogP contribution in [0.1, 0.15) is 0 Å². The lowest BCUT2D eigenvalue weighted by molar-refractivity contribution is 1.28. The van der Waals surface area contributed by atoms with E-state index in [4.69, 9.17) is 0 Å². The third-order valence-corrected chi connectivity index (χ3v) is 11.1. The van der Waals surface area contributed by atoms with Crippen molar-refractivity contribution in [2.45, 2.75) is 0 Å². The Balaban J connectivity index is 1.10. The van der Waals surface area contributed by atoms with Crippen LogP contribution in [0.15, 0.2) is 206 Å². The molecular formula is C52H34N2. The van der Waals surface area contributed by atoms with Crippen molar-refractivity contribution in [3.63, 3.8) is 0 Å². The van der Waals surface area contributed by atoms with Gasteiger partial charge in [0.2, 0.25) is 0 Å². The molecule has 0 bridgehead atoms. The molecule has 0 aliphatic rings. The second-order valence-corrected chi connectivity index (χ2v) is 14.2. The molecule has 2 heterocycles. The molecule has 252 valence electrons. The summed E-state index contributed by atoms with van der Waals surface area (Å²) in [7, 11) is 0. The van der Waals surface area contributed by atoms with Gasteiger partial charge in [-0.2, -0.15) is 0 Å². The summed E-state index contributed by atoms with van der Waals surface area (Å²) in [6, 6.07) is 75.1. The van der Waals surface area contributed by atoms with E-state index in [1.807, 2.05) is 0 Å². The van der Waals surface area contributed by atoms with Gasteiger partial charge in [0.25, 0.3) is 0 Å². The first kappa shape index (κ1) is 30.5. The van der Waals surface area contributed by atoms with Gasteiger partial charge in [0.15, 0.2) is 0 Å². The standard InChI is InChI=1S/C52H34N2/c1-3-12-35(13-4-1)37-22-27-42(28-23-37)53(43-29-24-38(25-30-43)36-14-5-2-6-15-36)49-21-10-9-18-44(49)41-26-31-45-46-19-11-20-47-48-32-39-16-7-8-17-40(39)33-51(48)54(52(46)47)50(45)34-41/h1-34H. The van der Waals surface area contributed by atoms with E-state index in [2.05, 4.69) is 216 Å². The van der Waals surface area contributed by atoms with Crippen LogP contribution in [0.2, 0.25) is 0 Å². The Bertz CT molecular complexity index is 3040. The molecule has 0 aliphatic carbocycles. The summed E-state index contributed by atoms with van der Waals surface area (Å²) in [6.45, 7) is 0. The number of benzene rings is 9. The minimum absolute atomic E-state index is 1.10. The summed E-state index contributed by atoms with van der Waals surface area (Å²) in [4.78, 5) is 2.40. The van der Waals surface area contributed by atoms with E-state index < -0.39 is 0 Å². The van der Waals surface area contributed by atoms with Crippen molar-refractivity contribution < 1.29 is 0 Å². The molecule has 2 heteroatoms. The van der Waals surface area contributed by atoms with E-state index in [0.717, 1.165) is 17.1 Å². The summed E-state index contributed by atoms with van der Waals surface area (Å²) in [6.07, 6.45) is 0. The molecule has 0 spiro atoms. The van der Waals surface area contributed by atoms with Gasteiger partial charge in [-0.15, -0.1) is 0 Å². The number of rotatable bonds is 6. The number of aromatic nitrogens is 1. The van der Waals surface area contributed by atoms with Crippen LogP contribution in [0.5, 0.6) is 0 Å². The fourth-order valence-electron chi connectivity index (χ4n) is 8.54. The van der Waals surface area contributed by atoms with Gasteiger partial charge in [0, 0.05) is 38.5 Å². The highest BCUT2D eigenvalue weighted by molar-refractivity contribution is 6.25. The lowest BCUT2D eigenvalue weighted by Crippen LogP contribution is -2.11. The van der Waals surface area contributed by atoms with Crippen LogP contribution in [0.25, 0.3) is 82.2 Å². The fourth-order valence-corrected chi connectivity index (χ4v) is 8.54. The van der Waals surface area contributed by atoms with Gasteiger partial charge < -0.3 is 9.30 Å². The summed E-state index contributed by atoms with van der Waals surface area (Å²) < 4.78 is 2.50. The molecule has 0 saturated carbocycles.